The molecule has 8 rings (SSSR count). The number of aromatic nitrogens is 6. The van der Waals surface area contributed by atoms with E-state index in [-0.39, 0.29) is 49.3 Å². The van der Waals surface area contributed by atoms with Crippen molar-refractivity contribution >= 4 is 99.1 Å². The number of carbonyl (C=O) groups is 5. The molecule has 0 fully saturated rings. The second-order valence-electron chi connectivity index (χ2n) is 18.8. The van der Waals surface area contributed by atoms with Gasteiger partial charge in [0.15, 0.2) is 12.1 Å². The Kier molecular flexibility index (Phi) is 27.9. The Morgan fingerprint density at radius 1 is 0.614 bits per heavy atom. The Morgan fingerprint density at radius 3 is 1.40 bits per heavy atom. The number of pyridine rings is 2. The molecule has 446 valence electrons. The van der Waals surface area contributed by atoms with Crippen LogP contribution in [0.3, 0.4) is 0 Å². The molecule has 21 nitrogen and oxygen atoms in total. The van der Waals surface area contributed by atoms with E-state index in [1.165, 1.54) is 0 Å². The summed E-state index contributed by atoms with van der Waals surface area (Å²) in [5.74, 6) is 0.0640. The van der Waals surface area contributed by atoms with Crippen LogP contribution >= 0.6 is 58.0 Å². The molecule has 4 aromatic heterocycles. The van der Waals surface area contributed by atoms with Crippen LogP contribution in [0, 0.1) is 27.7 Å². The fourth-order valence-electron chi connectivity index (χ4n) is 7.78. The summed E-state index contributed by atoms with van der Waals surface area (Å²) in [5, 5.41) is 18.5. The minimum atomic E-state index is -0.892. The maximum Gasteiger partial charge on any atom is 0.511 e. The van der Waals surface area contributed by atoms with Crippen molar-refractivity contribution in [1.29, 1.82) is 0 Å². The number of nitrogens with zero attached hydrogens (tertiary/aromatic N) is 8. The summed E-state index contributed by atoms with van der Waals surface area (Å²) in [4.78, 5) is 82.6. The highest BCUT2D eigenvalue weighted by molar-refractivity contribution is 6.61. The van der Waals surface area contributed by atoms with Crippen molar-refractivity contribution < 1.29 is 62.6 Å². The molecule has 0 aliphatic carbocycles. The summed E-state index contributed by atoms with van der Waals surface area (Å²) in [6.45, 7) is 17.6. The number of carbonyl (C=O) groups excluding carboxylic acids is 4. The first-order valence-electron chi connectivity index (χ1n) is 25.7. The predicted molar refractivity (Wildman–Crippen MR) is 315 cm³/mol. The van der Waals surface area contributed by atoms with Gasteiger partial charge in [-0.15, -0.1) is 0 Å². The zero-order chi connectivity index (χ0) is 61.5. The number of aliphatic carboxylic acids is 1. The van der Waals surface area contributed by atoms with Crippen LogP contribution in [0.1, 0.15) is 136 Å². The number of ether oxygens (including phenoxy) is 6. The standard InChI is InChI=1S/C26H27ClN4O5.C21H19ClN4O2.C5H9ClO3.C3H8O.C2H2Cl2O2/c1-15(2)36-26(33)35-14-34-23(32)8-7-21-25-29-12-17(4)31(25)22-10-16(3)20(27)11-19(22)24(30-21)18-6-5-9-28-13-18;1-12-8-18-15(9-16(12)22)20(14-4-3-7-23-11-14)25-17(5-6-19(27)28)21-24-10-13(2)26(18)21;1-4(2)9-5(7)8-3-6;1-3(2)4;3-1-6-2(4)5/h5-6,9-13,15,21H,7-8,14H2,1-4H3;3-4,7-11,17H,5-6H2,1-2H3,(H,27,28);4H,3H2,1-2H3;3-4H,1-2H3;1H2/t21-;17-;;;/m00.../s1. The van der Waals surface area contributed by atoms with Crippen LogP contribution in [0.2, 0.25) is 10.0 Å². The average molecular weight is 1250 g/mol. The van der Waals surface area contributed by atoms with E-state index in [2.05, 4.69) is 50.3 Å². The van der Waals surface area contributed by atoms with Crippen LogP contribution in [-0.2, 0) is 38.0 Å². The number of alkyl halides is 2. The van der Waals surface area contributed by atoms with Gasteiger partial charge in [0.1, 0.15) is 23.7 Å². The molecule has 83 heavy (non-hydrogen) atoms. The molecule has 6 aromatic rings. The van der Waals surface area contributed by atoms with Gasteiger partial charge in [-0.2, -0.15) is 0 Å². The van der Waals surface area contributed by atoms with Crippen LogP contribution in [0.4, 0.5) is 14.4 Å². The summed E-state index contributed by atoms with van der Waals surface area (Å²) in [6, 6.07) is 14.3. The third-order valence-corrected chi connectivity index (χ3v) is 12.3. The maximum absolute atomic E-state index is 12.4. The summed E-state index contributed by atoms with van der Waals surface area (Å²) >= 11 is 27.5. The molecule has 0 bridgehead atoms. The van der Waals surface area contributed by atoms with E-state index in [0.29, 0.717) is 34.4 Å². The van der Waals surface area contributed by atoms with Crippen LogP contribution in [0.5, 0.6) is 0 Å². The molecule has 2 N–H and O–H groups in total. The van der Waals surface area contributed by atoms with Gasteiger partial charge in [0.05, 0.1) is 35.0 Å². The fraction of sp³-hybridized carbons (Fsp3) is 0.386. The second-order valence-corrected chi connectivity index (χ2v) is 20.4. The number of hydrogen-bond donors (Lipinski definition) is 2. The molecular weight excluding hydrogens is 1180 g/mol. The van der Waals surface area contributed by atoms with Gasteiger partial charge < -0.3 is 38.6 Å². The van der Waals surface area contributed by atoms with Gasteiger partial charge >= 0.3 is 29.7 Å². The number of halogens is 5. The van der Waals surface area contributed by atoms with E-state index < -0.39 is 42.5 Å². The lowest BCUT2D eigenvalue weighted by molar-refractivity contribution is -0.153. The molecule has 2 aromatic carbocycles. The van der Waals surface area contributed by atoms with Crippen molar-refractivity contribution in [3.8, 4) is 11.4 Å². The second kappa shape index (κ2) is 33.8. The summed E-state index contributed by atoms with van der Waals surface area (Å²) in [6.07, 6.45) is 8.97. The molecule has 2 aliphatic rings. The Balaban J connectivity index is 0.000000276. The lowest BCUT2D eigenvalue weighted by Crippen LogP contribution is -2.17. The molecule has 2 aliphatic heterocycles. The van der Waals surface area contributed by atoms with Crippen LogP contribution in [-0.4, -0.2) is 118 Å². The number of aryl methyl sites for hydroxylation is 4. The maximum atomic E-state index is 12.4. The fourth-order valence-corrected chi connectivity index (χ4v) is 8.41. The van der Waals surface area contributed by atoms with Gasteiger partial charge in [-0.1, -0.05) is 46.4 Å². The topological polar surface area (TPSA) is 267 Å². The Hall–Kier alpha value is -7.14. The van der Waals surface area contributed by atoms with Gasteiger partial charge in [-0.3, -0.25) is 38.7 Å². The molecule has 0 radical (unpaired) electrons. The number of rotatable bonds is 14. The molecule has 0 saturated carbocycles. The quantitative estimate of drug-likeness (QED) is 0.0337. The number of carboxylic acids is 1. The highest BCUT2D eigenvalue weighted by Gasteiger charge is 2.30. The van der Waals surface area contributed by atoms with E-state index in [4.69, 9.17) is 75.7 Å². The lowest BCUT2D eigenvalue weighted by atomic mass is 10.00. The number of aliphatic imine (C=N–C) groups is 2. The SMILES string of the molecule is CC(C)O.CC(C)OC(=O)OCCl.Cc1cc2c(cc1Cl)C(c1cccnc1)=N[C@@H](CCC(=O)O)c1ncc(C)n1-2.Cc1cc2c(cc1Cl)C(c1cccnc1)=N[C@@H](CCC(=O)OCOC(=O)OC(C)C)c1ncc(C)n1-2.O=C(Cl)OCCl. The highest BCUT2D eigenvalue weighted by Crippen LogP contribution is 2.38. The number of aliphatic hydroxyl groups is 1. The number of aliphatic hydroxyl groups excluding tert-OH is 1. The van der Waals surface area contributed by atoms with Crippen molar-refractivity contribution in [3.63, 3.8) is 0 Å². The Labute approximate surface area is 505 Å². The summed E-state index contributed by atoms with van der Waals surface area (Å²) < 4.78 is 31.5. The van der Waals surface area contributed by atoms with Crippen LogP contribution in [0.25, 0.3) is 11.4 Å². The van der Waals surface area contributed by atoms with E-state index in [1.807, 2.05) is 80.8 Å². The predicted octanol–water partition coefficient (Wildman–Crippen LogP) is 13.3. The smallest absolute Gasteiger partial charge is 0.481 e. The molecule has 2 atom stereocenters. The first-order valence-corrected chi connectivity index (χ1v) is 27.9. The molecule has 0 saturated heterocycles. The van der Waals surface area contributed by atoms with Crippen molar-refractivity contribution in [2.24, 2.45) is 9.98 Å². The average Bonchev–Trinajstić information content (AvgIpc) is 3.40. The Morgan fingerprint density at radius 2 is 1.04 bits per heavy atom. The number of esters is 1. The van der Waals surface area contributed by atoms with Gasteiger partial charge in [-0.05, 0) is 142 Å². The molecule has 0 unspecified atom stereocenters. The normalized spacial score (nSPS) is 13.4. The van der Waals surface area contributed by atoms with Crippen molar-refractivity contribution in [1.82, 2.24) is 29.1 Å². The van der Waals surface area contributed by atoms with Gasteiger partial charge in [0.25, 0.3) is 0 Å². The van der Waals surface area contributed by atoms with E-state index in [0.717, 1.165) is 67.7 Å². The van der Waals surface area contributed by atoms with E-state index in [9.17, 15) is 29.1 Å². The first kappa shape index (κ1) is 68.4. The minimum absolute atomic E-state index is 0.0104. The van der Waals surface area contributed by atoms with Gasteiger partial charge in [0, 0.05) is 111 Å². The third-order valence-electron chi connectivity index (χ3n) is 11.2. The number of imidazole rings is 2. The van der Waals surface area contributed by atoms with E-state index >= 15 is 0 Å². The third kappa shape index (κ3) is 21.2. The first-order chi connectivity index (χ1) is 39.4. The minimum Gasteiger partial charge on any atom is -0.481 e. The molecular formula is C57H65Cl5N8O13. The molecule has 0 amide bonds. The number of fused-ring (bicyclic) bond motifs is 6. The highest BCUT2D eigenvalue weighted by atomic mass is 35.5. The molecule has 0 spiro atoms. The number of carboxylic acid groups (broad SMARTS) is 1. The zero-order valence-electron chi connectivity index (χ0n) is 47.3. The lowest BCUT2D eigenvalue weighted by Gasteiger charge is -2.15. The van der Waals surface area contributed by atoms with Crippen molar-refractivity contribution in [2.45, 2.75) is 125 Å². The van der Waals surface area contributed by atoms with Crippen molar-refractivity contribution in [2.75, 3.05) is 18.9 Å². The van der Waals surface area contributed by atoms with E-state index in [1.54, 1.807) is 78.7 Å². The number of hydrogen-bond acceptors (Lipinski definition) is 18. The summed E-state index contributed by atoms with van der Waals surface area (Å²) in [7, 11) is 0. The van der Waals surface area contributed by atoms with Gasteiger partial charge in [0.2, 0.25) is 6.79 Å². The number of benzene rings is 2. The van der Waals surface area contributed by atoms with Gasteiger partial charge in [-0.25, -0.2) is 24.4 Å². The van der Waals surface area contributed by atoms with Crippen LogP contribution < -0.4 is 0 Å². The molecule has 26 heteroatoms. The Bertz CT molecular complexity index is 3210. The van der Waals surface area contributed by atoms with Crippen LogP contribution in [0.15, 0.2) is 95.7 Å². The van der Waals surface area contributed by atoms with Crippen molar-refractivity contribution in [3.05, 3.63) is 152 Å². The monoisotopic (exact) mass is 1240 g/mol. The summed E-state index contributed by atoms with van der Waals surface area (Å²) in [5.41, 5.74) is 9.61. The zero-order valence-corrected chi connectivity index (χ0v) is 51.1. The largest absolute Gasteiger partial charge is 0.511 e. The molecule has 6 heterocycles.